The van der Waals surface area contributed by atoms with Crippen LogP contribution < -0.4 is 5.73 Å². The molecule has 0 radical (unpaired) electrons. The Kier molecular flexibility index (Phi) is 12.2. The maximum Gasteiger partial charge on any atom is 0.277 e. The highest BCUT2D eigenvalue weighted by atomic mass is 16.7. The summed E-state index contributed by atoms with van der Waals surface area (Å²) in [6.45, 7) is 3.22. The third kappa shape index (κ3) is 9.03. The molecule has 0 saturated carbocycles. The van der Waals surface area contributed by atoms with Crippen molar-refractivity contribution in [3.63, 3.8) is 0 Å². The average molecular weight is 342 g/mol. The highest BCUT2D eigenvalue weighted by molar-refractivity contribution is 5.82. The van der Waals surface area contributed by atoms with Gasteiger partial charge in [-0.1, -0.05) is 90.4 Å². The Bertz CT molecular complexity index is 314. The number of rotatable bonds is 16. The van der Waals surface area contributed by atoms with E-state index in [4.69, 9.17) is 15.2 Å². The Balaban J connectivity index is 1.83. The van der Waals surface area contributed by atoms with Crippen molar-refractivity contribution in [2.24, 2.45) is 5.73 Å². The standard InChI is InChI=1S/C20H39NO3/c1-2-3-4-5-6-7-8-9-10-11-12-13-14-15-16-20(19(21)22)23-17-18-24-20/h2-18H2,1H3,(H2,21,22). The second-order valence-electron chi connectivity index (χ2n) is 7.16. The van der Waals surface area contributed by atoms with Crippen LogP contribution >= 0.6 is 0 Å². The van der Waals surface area contributed by atoms with Gasteiger partial charge in [0, 0.05) is 6.42 Å². The fourth-order valence-electron chi connectivity index (χ4n) is 3.42. The van der Waals surface area contributed by atoms with Crippen LogP contribution in [-0.4, -0.2) is 24.9 Å². The van der Waals surface area contributed by atoms with E-state index in [9.17, 15) is 4.79 Å². The molecule has 1 saturated heterocycles. The second kappa shape index (κ2) is 13.7. The molecule has 0 aromatic heterocycles. The summed E-state index contributed by atoms with van der Waals surface area (Å²) in [5.74, 6) is -1.60. The zero-order valence-electron chi connectivity index (χ0n) is 15.8. The largest absolute Gasteiger partial charge is 0.365 e. The van der Waals surface area contributed by atoms with Crippen LogP contribution in [-0.2, 0) is 14.3 Å². The molecule has 1 aliphatic heterocycles. The minimum atomic E-state index is -1.13. The average Bonchev–Trinajstić information content (AvgIpc) is 3.05. The lowest BCUT2D eigenvalue weighted by Crippen LogP contribution is -2.44. The third-order valence-corrected chi connectivity index (χ3v) is 4.99. The summed E-state index contributed by atoms with van der Waals surface area (Å²) < 4.78 is 10.8. The Morgan fingerprint density at radius 1 is 0.750 bits per heavy atom. The summed E-state index contributed by atoms with van der Waals surface area (Å²) >= 11 is 0. The monoisotopic (exact) mass is 341 g/mol. The van der Waals surface area contributed by atoms with E-state index in [0.717, 1.165) is 12.8 Å². The Morgan fingerprint density at radius 2 is 1.12 bits per heavy atom. The molecule has 0 aromatic rings. The number of primary amides is 1. The molecule has 1 rings (SSSR count). The van der Waals surface area contributed by atoms with Gasteiger partial charge < -0.3 is 15.2 Å². The van der Waals surface area contributed by atoms with Gasteiger partial charge in [0.15, 0.2) is 0 Å². The van der Waals surface area contributed by atoms with E-state index in [0.29, 0.717) is 19.6 Å². The zero-order chi connectivity index (χ0) is 17.5. The number of hydrogen-bond donors (Lipinski definition) is 1. The maximum atomic E-state index is 11.5. The smallest absolute Gasteiger partial charge is 0.277 e. The van der Waals surface area contributed by atoms with E-state index in [1.165, 1.54) is 77.0 Å². The molecular weight excluding hydrogens is 302 g/mol. The molecule has 1 amide bonds. The summed E-state index contributed by atoms with van der Waals surface area (Å²) in [5.41, 5.74) is 5.40. The fourth-order valence-corrected chi connectivity index (χ4v) is 3.42. The zero-order valence-corrected chi connectivity index (χ0v) is 15.8. The Morgan fingerprint density at radius 3 is 1.50 bits per heavy atom. The molecule has 1 aliphatic rings. The van der Waals surface area contributed by atoms with Gasteiger partial charge >= 0.3 is 0 Å². The molecule has 1 heterocycles. The van der Waals surface area contributed by atoms with Gasteiger partial charge in [-0.05, 0) is 6.42 Å². The number of unbranched alkanes of at least 4 members (excludes halogenated alkanes) is 13. The van der Waals surface area contributed by atoms with Gasteiger partial charge in [0.1, 0.15) is 0 Å². The minimum Gasteiger partial charge on any atom is -0.365 e. The van der Waals surface area contributed by atoms with Crippen LogP contribution in [0.15, 0.2) is 0 Å². The van der Waals surface area contributed by atoms with Crippen molar-refractivity contribution in [1.82, 2.24) is 0 Å². The molecule has 4 heteroatoms. The van der Waals surface area contributed by atoms with Crippen LogP contribution in [0.25, 0.3) is 0 Å². The van der Waals surface area contributed by atoms with Crippen molar-refractivity contribution in [2.75, 3.05) is 13.2 Å². The first kappa shape index (κ1) is 21.4. The Hall–Kier alpha value is -0.610. The Labute approximate surface area is 148 Å². The maximum absolute atomic E-state index is 11.5. The van der Waals surface area contributed by atoms with Crippen LogP contribution in [0.1, 0.15) is 103 Å². The van der Waals surface area contributed by atoms with Gasteiger partial charge in [0.2, 0.25) is 5.79 Å². The first-order chi connectivity index (χ1) is 11.7. The van der Waals surface area contributed by atoms with Gasteiger partial charge in [0.25, 0.3) is 5.91 Å². The molecule has 0 bridgehead atoms. The predicted molar refractivity (Wildman–Crippen MR) is 98.8 cm³/mol. The van der Waals surface area contributed by atoms with Crippen LogP contribution in [0.4, 0.5) is 0 Å². The lowest BCUT2D eigenvalue weighted by Gasteiger charge is -2.23. The number of nitrogens with two attached hydrogens (primary N) is 1. The number of amides is 1. The fraction of sp³-hybridized carbons (Fsp3) is 0.950. The van der Waals surface area contributed by atoms with Crippen molar-refractivity contribution < 1.29 is 14.3 Å². The molecular formula is C20H39NO3. The summed E-state index contributed by atoms with van der Waals surface area (Å²) in [5, 5.41) is 0. The van der Waals surface area contributed by atoms with Gasteiger partial charge in [-0.25, -0.2) is 0 Å². The number of carbonyl (C=O) groups excluding carboxylic acids is 1. The molecule has 0 atom stereocenters. The third-order valence-electron chi connectivity index (χ3n) is 4.99. The van der Waals surface area contributed by atoms with E-state index in [1.54, 1.807) is 0 Å². The van der Waals surface area contributed by atoms with Crippen LogP contribution in [0.2, 0.25) is 0 Å². The van der Waals surface area contributed by atoms with Gasteiger partial charge in [0.05, 0.1) is 13.2 Å². The first-order valence-electron chi connectivity index (χ1n) is 10.3. The predicted octanol–water partition coefficient (Wildman–Crippen LogP) is 5.09. The summed E-state index contributed by atoms with van der Waals surface area (Å²) in [7, 11) is 0. The molecule has 0 aliphatic carbocycles. The summed E-state index contributed by atoms with van der Waals surface area (Å²) in [6.07, 6.45) is 19.1. The van der Waals surface area contributed by atoms with Gasteiger partial charge in [-0.2, -0.15) is 0 Å². The second-order valence-corrected chi connectivity index (χ2v) is 7.16. The molecule has 0 aromatic carbocycles. The molecule has 0 spiro atoms. The number of carbonyl (C=O) groups is 1. The first-order valence-corrected chi connectivity index (χ1v) is 10.3. The molecule has 4 nitrogen and oxygen atoms in total. The van der Waals surface area contributed by atoms with Crippen LogP contribution in [0, 0.1) is 0 Å². The normalized spacial score (nSPS) is 16.5. The highest BCUT2D eigenvalue weighted by Gasteiger charge is 2.42. The quantitative estimate of drug-likeness (QED) is 0.398. The SMILES string of the molecule is CCCCCCCCCCCCCCCCC1(C(N)=O)OCCO1. The van der Waals surface area contributed by atoms with Gasteiger partial charge in [-0.3, -0.25) is 4.79 Å². The molecule has 2 N–H and O–H groups in total. The van der Waals surface area contributed by atoms with Crippen molar-refractivity contribution in [1.29, 1.82) is 0 Å². The van der Waals surface area contributed by atoms with Crippen molar-refractivity contribution >= 4 is 5.91 Å². The lowest BCUT2D eigenvalue weighted by atomic mass is 10.0. The molecule has 1 fully saturated rings. The molecule has 142 valence electrons. The van der Waals surface area contributed by atoms with E-state index < -0.39 is 11.7 Å². The summed E-state index contributed by atoms with van der Waals surface area (Å²) in [4.78, 5) is 11.5. The van der Waals surface area contributed by atoms with Crippen LogP contribution in [0.3, 0.4) is 0 Å². The summed E-state index contributed by atoms with van der Waals surface area (Å²) in [6, 6.07) is 0. The topological polar surface area (TPSA) is 61.6 Å². The van der Waals surface area contributed by atoms with E-state index in [-0.39, 0.29) is 0 Å². The minimum absolute atomic E-state index is 0.474. The number of hydrogen-bond acceptors (Lipinski definition) is 3. The van der Waals surface area contributed by atoms with Gasteiger partial charge in [-0.15, -0.1) is 0 Å². The van der Waals surface area contributed by atoms with Crippen molar-refractivity contribution in [3.8, 4) is 0 Å². The number of ether oxygens (including phenoxy) is 2. The van der Waals surface area contributed by atoms with E-state index in [2.05, 4.69) is 6.92 Å². The lowest BCUT2D eigenvalue weighted by molar-refractivity contribution is -0.182. The van der Waals surface area contributed by atoms with E-state index in [1.807, 2.05) is 0 Å². The highest BCUT2D eigenvalue weighted by Crippen LogP contribution is 2.26. The molecule has 0 unspecified atom stereocenters. The van der Waals surface area contributed by atoms with E-state index >= 15 is 0 Å². The van der Waals surface area contributed by atoms with Crippen molar-refractivity contribution in [3.05, 3.63) is 0 Å². The van der Waals surface area contributed by atoms with Crippen molar-refractivity contribution in [2.45, 2.75) is 109 Å². The molecule has 24 heavy (non-hydrogen) atoms. The van der Waals surface area contributed by atoms with Crippen LogP contribution in [0.5, 0.6) is 0 Å².